The molecule has 0 aliphatic carbocycles. The number of carbonyl (C=O) groups excluding carboxylic acids is 1. The summed E-state index contributed by atoms with van der Waals surface area (Å²) in [6.45, 7) is 11.3. The van der Waals surface area contributed by atoms with E-state index in [2.05, 4.69) is 15.7 Å². The first kappa shape index (κ1) is 18.7. The van der Waals surface area contributed by atoms with Crippen molar-refractivity contribution in [3.63, 3.8) is 0 Å². The van der Waals surface area contributed by atoms with Gasteiger partial charge in [-0.2, -0.15) is 5.10 Å². The van der Waals surface area contributed by atoms with E-state index in [-0.39, 0.29) is 18.3 Å². The zero-order valence-corrected chi connectivity index (χ0v) is 14.5. The minimum Gasteiger partial charge on any atom is -0.444 e. The molecule has 0 saturated heterocycles. The lowest BCUT2D eigenvalue weighted by Gasteiger charge is -2.19. The fourth-order valence-corrected chi connectivity index (χ4v) is 1.96. The molecule has 0 aliphatic heterocycles. The largest absolute Gasteiger partial charge is 0.444 e. The number of amides is 1. The number of carbonyl (C=O) groups is 1. The van der Waals surface area contributed by atoms with Crippen LogP contribution in [0.1, 0.15) is 46.4 Å². The van der Waals surface area contributed by atoms with Crippen LogP contribution < -0.4 is 10.6 Å². The van der Waals surface area contributed by atoms with Crippen molar-refractivity contribution >= 4 is 17.6 Å². The van der Waals surface area contributed by atoms with Gasteiger partial charge in [-0.3, -0.25) is 10.1 Å². The molecule has 0 aliphatic rings. The quantitative estimate of drug-likeness (QED) is 0.472. The van der Waals surface area contributed by atoms with Crippen LogP contribution in [0, 0.1) is 17.0 Å². The third kappa shape index (κ3) is 5.42. The fourth-order valence-electron chi connectivity index (χ4n) is 1.96. The number of nitrogens with zero attached hydrogens (tertiary/aromatic N) is 3. The van der Waals surface area contributed by atoms with Gasteiger partial charge >= 0.3 is 11.8 Å². The van der Waals surface area contributed by atoms with Gasteiger partial charge in [0.15, 0.2) is 0 Å². The van der Waals surface area contributed by atoms with Crippen LogP contribution in [0.2, 0.25) is 0 Å². The van der Waals surface area contributed by atoms with Crippen molar-refractivity contribution < 1.29 is 14.5 Å². The predicted octanol–water partition coefficient (Wildman–Crippen LogP) is 2.62. The first-order chi connectivity index (χ1) is 10.5. The number of aromatic nitrogens is 2. The maximum absolute atomic E-state index is 11.5. The Morgan fingerprint density at radius 1 is 1.39 bits per heavy atom. The number of aryl methyl sites for hydroxylation is 1. The minimum atomic E-state index is -0.566. The molecular formula is C14H25N5O4. The van der Waals surface area contributed by atoms with E-state index in [1.54, 1.807) is 32.4 Å². The molecule has 0 aromatic carbocycles. The summed E-state index contributed by atoms with van der Waals surface area (Å²) in [6.07, 6.45) is -0.526. The Labute approximate surface area is 135 Å². The van der Waals surface area contributed by atoms with Crippen molar-refractivity contribution in [1.29, 1.82) is 0 Å². The number of rotatable bonds is 6. The average Bonchev–Trinajstić information content (AvgIpc) is 2.69. The van der Waals surface area contributed by atoms with E-state index in [0.717, 1.165) is 0 Å². The van der Waals surface area contributed by atoms with Gasteiger partial charge in [-0.1, -0.05) is 0 Å². The molecule has 9 heteroatoms. The third-order valence-electron chi connectivity index (χ3n) is 2.81. The van der Waals surface area contributed by atoms with Gasteiger partial charge in [-0.15, -0.1) is 0 Å². The van der Waals surface area contributed by atoms with Crippen molar-refractivity contribution in [1.82, 2.24) is 15.1 Å². The maximum Gasteiger partial charge on any atom is 0.407 e. The Morgan fingerprint density at radius 2 is 2.00 bits per heavy atom. The van der Waals surface area contributed by atoms with Crippen molar-refractivity contribution in [2.24, 2.45) is 0 Å². The second-order valence-electron chi connectivity index (χ2n) is 6.43. The Balaban J connectivity index is 2.67. The Kier molecular flexibility index (Phi) is 5.94. The Bertz CT molecular complexity index is 574. The van der Waals surface area contributed by atoms with Gasteiger partial charge in [0, 0.05) is 19.1 Å². The second-order valence-corrected chi connectivity index (χ2v) is 6.43. The molecule has 1 aromatic heterocycles. The van der Waals surface area contributed by atoms with Crippen LogP contribution in [0.3, 0.4) is 0 Å². The van der Waals surface area contributed by atoms with Gasteiger partial charge in [-0.05, 0) is 41.5 Å². The van der Waals surface area contributed by atoms with Crippen LogP contribution in [-0.2, 0) is 4.74 Å². The summed E-state index contributed by atoms with van der Waals surface area (Å²) in [7, 11) is 0. The third-order valence-corrected chi connectivity index (χ3v) is 2.81. The van der Waals surface area contributed by atoms with Crippen LogP contribution in [0.5, 0.6) is 0 Å². The highest BCUT2D eigenvalue weighted by atomic mass is 16.6. The van der Waals surface area contributed by atoms with E-state index in [0.29, 0.717) is 18.1 Å². The molecule has 23 heavy (non-hydrogen) atoms. The van der Waals surface area contributed by atoms with E-state index in [4.69, 9.17) is 4.74 Å². The van der Waals surface area contributed by atoms with Gasteiger partial charge in [0.25, 0.3) is 0 Å². The van der Waals surface area contributed by atoms with E-state index in [1.165, 1.54) is 0 Å². The smallest absolute Gasteiger partial charge is 0.407 e. The minimum absolute atomic E-state index is 0.0243. The summed E-state index contributed by atoms with van der Waals surface area (Å²) >= 11 is 0. The maximum atomic E-state index is 11.5. The molecule has 1 aromatic rings. The monoisotopic (exact) mass is 327 g/mol. The molecule has 130 valence electrons. The number of hydrogen-bond donors (Lipinski definition) is 2. The number of anilines is 1. The molecular weight excluding hydrogens is 302 g/mol. The Morgan fingerprint density at radius 3 is 2.48 bits per heavy atom. The van der Waals surface area contributed by atoms with Crippen molar-refractivity contribution in [3.05, 3.63) is 15.8 Å². The molecule has 1 rings (SSSR count). The highest BCUT2D eigenvalue weighted by Gasteiger charge is 2.26. The summed E-state index contributed by atoms with van der Waals surface area (Å²) in [4.78, 5) is 22.3. The molecule has 0 saturated carbocycles. The van der Waals surface area contributed by atoms with Gasteiger partial charge in [-0.25, -0.2) is 9.48 Å². The van der Waals surface area contributed by atoms with Gasteiger partial charge in [0.2, 0.25) is 5.82 Å². The molecule has 0 radical (unpaired) electrons. The fraction of sp³-hybridized carbons (Fsp3) is 0.714. The lowest BCUT2D eigenvalue weighted by atomic mass is 10.2. The predicted molar refractivity (Wildman–Crippen MR) is 86.7 cm³/mol. The highest BCUT2D eigenvalue weighted by Crippen LogP contribution is 2.30. The summed E-state index contributed by atoms with van der Waals surface area (Å²) in [6, 6.07) is -0.0243. The van der Waals surface area contributed by atoms with Crippen LogP contribution in [-0.4, -0.2) is 39.5 Å². The summed E-state index contributed by atoms with van der Waals surface area (Å²) in [5, 5.41) is 21.0. The molecule has 0 fully saturated rings. The van der Waals surface area contributed by atoms with Crippen LogP contribution in [0.15, 0.2) is 0 Å². The molecule has 0 spiro atoms. The van der Waals surface area contributed by atoms with Crippen LogP contribution in [0.25, 0.3) is 0 Å². The topological polar surface area (TPSA) is 111 Å². The zero-order valence-electron chi connectivity index (χ0n) is 14.5. The van der Waals surface area contributed by atoms with Gasteiger partial charge < -0.3 is 15.4 Å². The number of nitrogens with one attached hydrogen (secondary N) is 2. The SMILES string of the molecule is Cc1nn(C(C)C)c(NCCNC(=O)OC(C)(C)C)c1[N+](=O)[O-]. The van der Waals surface area contributed by atoms with Crippen molar-refractivity contribution in [2.75, 3.05) is 18.4 Å². The molecule has 0 atom stereocenters. The lowest BCUT2D eigenvalue weighted by molar-refractivity contribution is -0.384. The van der Waals surface area contributed by atoms with E-state index < -0.39 is 16.6 Å². The lowest BCUT2D eigenvalue weighted by Crippen LogP contribution is -2.35. The second kappa shape index (κ2) is 7.30. The first-order valence-corrected chi connectivity index (χ1v) is 7.47. The molecule has 9 nitrogen and oxygen atoms in total. The van der Waals surface area contributed by atoms with Crippen molar-refractivity contribution in [2.45, 2.75) is 53.2 Å². The summed E-state index contributed by atoms with van der Waals surface area (Å²) in [5.41, 5.74) is -0.258. The van der Waals surface area contributed by atoms with Crippen molar-refractivity contribution in [3.8, 4) is 0 Å². The zero-order chi connectivity index (χ0) is 17.8. The molecule has 1 heterocycles. The molecule has 2 N–H and O–H groups in total. The molecule has 0 unspecified atom stereocenters. The van der Waals surface area contributed by atoms with Crippen LogP contribution in [0.4, 0.5) is 16.3 Å². The highest BCUT2D eigenvalue weighted by molar-refractivity contribution is 5.67. The number of ether oxygens (including phenoxy) is 1. The van der Waals surface area contributed by atoms with Gasteiger partial charge in [0.1, 0.15) is 11.3 Å². The average molecular weight is 327 g/mol. The summed E-state index contributed by atoms with van der Waals surface area (Å²) in [5.74, 6) is 0.341. The Hall–Kier alpha value is -2.32. The number of hydrogen-bond acceptors (Lipinski definition) is 6. The van der Waals surface area contributed by atoms with E-state index in [1.807, 2.05) is 13.8 Å². The van der Waals surface area contributed by atoms with Gasteiger partial charge in [0.05, 0.1) is 4.92 Å². The van der Waals surface area contributed by atoms with Crippen LogP contribution >= 0.6 is 0 Å². The molecule has 1 amide bonds. The number of alkyl carbamates (subject to hydrolysis) is 1. The first-order valence-electron chi connectivity index (χ1n) is 7.47. The van der Waals surface area contributed by atoms with E-state index in [9.17, 15) is 14.9 Å². The molecule has 0 bridgehead atoms. The standard InChI is InChI=1S/C14H25N5O4/c1-9(2)18-12(11(19(21)22)10(3)17-18)15-7-8-16-13(20)23-14(4,5)6/h9,15H,7-8H2,1-6H3,(H,16,20). The normalized spacial score (nSPS) is 11.4. The van der Waals surface area contributed by atoms with E-state index >= 15 is 0 Å². The summed E-state index contributed by atoms with van der Waals surface area (Å²) < 4.78 is 6.68. The number of nitro groups is 1.